The van der Waals surface area contributed by atoms with Crippen molar-refractivity contribution in [2.75, 3.05) is 13.2 Å². The lowest BCUT2D eigenvalue weighted by Crippen LogP contribution is -2.34. The van der Waals surface area contributed by atoms with Crippen molar-refractivity contribution >= 4 is 23.7 Å². The van der Waals surface area contributed by atoms with Gasteiger partial charge in [-0.25, -0.2) is 9.78 Å². The van der Waals surface area contributed by atoms with Crippen LogP contribution in [0.2, 0.25) is 5.02 Å². The molecule has 0 bridgehead atoms. The smallest absolute Gasteiger partial charge is 0.415 e. The Hall–Kier alpha value is -4.30. The van der Waals surface area contributed by atoms with E-state index in [9.17, 15) is 9.59 Å². The molecule has 196 valence electrons. The van der Waals surface area contributed by atoms with Crippen molar-refractivity contribution in [1.82, 2.24) is 9.88 Å². The zero-order valence-electron chi connectivity index (χ0n) is 20.8. The second kappa shape index (κ2) is 12.8. The maximum Gasteiger partial charge on any atom is 0.415 e. The number of halogens is 1. The summed E-state index contributed by atoms with van der Waals surface area (Å²) in [5.41, 5.74) is 2.50. The Balaban J connectivity index is 1.37. The normalized spacial score (nSPS) is 10.7. The molecular weight excluding hydrogens is 508 g/mol. The fourth-order valence-electron chi connectivity index (χ4n) is 3.75. The summed E-state index contributed by atoms with van der Waals surface area (Å²) in [5.74, 6) is 1.20. The summed E-state index contributed by atoms with van der Waals surface area (Å²) in [6.07, 6.45) is -0.332. The van der Waals surface area contributed by atoms with Crippen LogP contribution >= 0.6 is 11.6 Å². The number of hydrogen-bond donors (Lipinski definition) is 1. The molecule has 0 spiro atoms. The molecule has 3 aromatic carbocycles. The van der Waals surface area contributed by atoms with Crippen molar-refractivity contribution in [2.45, 2.75) is 26.3 Å². The summed E-state index contributed by atoms with van der Waals surface area (Å²) in [5, 5.41) is 9.55. The van der Waals surface area contributed by atoms with E-state index in [-0.39, 0.29) is 25.3 Å². The van der Waals surface area contributed by atoms with Crippen molar-refractivity contribution in [1.29, 1.82) is 0 Å². The first-order valence-corrected chi connectivity index (χ1v) is 12.4. The molecular formula is C29H27ClN2O6. The minimum absolute atomic E-state index is 0.0188. The number of ether oxygens (including phenoxy) is 2. The first-order chi connectivity index (χ1) is 18.4. The molecule has 0 radical (unpaired) electrons. The minimum atomic E-state index is -1.01. The lowest BCUT2D eigenvalue weighted by molar-refractivity contribution is -0.137. The number of nitrogens with zero attached hydrogens (tertiary/aromatic N) is 2. The van der Waals surface area contributed by atoms with Crippen LogP contribution in [0, 0.1) is 6.92 Å². The van der Waals surface area contributed by atoms with Gasteiger partial charge in [0.25, 0.3) is 0 Å². The molecule has 38 heavy (non-hydrogen) atoms. The standard InChI is InChI=1S/C29H27ClN2O6/c1-20-26(31-28(37-20)22-8-3-2-4-9-22)14-16-36-24-11-5-7-21(17-24)19-32(15-13-27(33)34)29(35)38-25-12-6-10-23(30)18-25/h2-12,17-18H,13-16,19H2,1H3,(H,33,34). The Morgan fingerprint density at radius 1 is 1.00 bits per heavy atom. The van der Waals surface area contributed by atoms with Gasteiger partial charge in [-0.3, -0.25) is 4.79 Å². The molecule has 9 heteroatoms. The van der Waals surface area contributed by atoms with E-state index < -0.39 is 12.1 Å². The molecule has 8 nitrogen and oxygen atoms in total. The van der Waals surface area contributed by atoms with E-state index in [2.05, 4.69) is 4.98 Å². The largest absolute Gasteiger partial charge is 0.493 e. The molecule has 1 N–H and O–H groups in total. The molecule has 0 unspecified atom stereocenters. The number of benzene rings is 3. The van der Waals surface area contributed by atoms with Crippen LogP contribution in [0.5, 0.6) is 11.5 Å². The molecule has 1 heterocycles. The van der Waals surface area contributed by atoms with Crippen LogP contribution in [0.1, 0.15) is 23.4 Å². The van der Waals surface area contributed by atoms with Gasteiger partial charge in [0.15, 0.2) is 0 Å². The number of carboxylic acid groups (broad SMARTS) is 1. The Labute approximate surface area is 225 Å². The van der Waals surface area contributed by atoms with E-state index in [0.29, 0.717) is 29.7 Å². The highest BCUT2D eigenvalue weighted by Crippen LogP contribution is 2.23. The van der Waals surface area contributed by atoms with Crippen LogP contribution in [0.15, 0.2) is 83.3 Å². The van der Waals surface area contributed by atoms with Gasteiger partial charge in [-0.2, -0.15) is 0 Å². The van der Waals surface area contributed by atoms with Crippen LogP contribution < -0.4 is 9.47 Å². The number of carboxylic acids is 1. The Bertz CT molecular complexity index is 1390. The van der Waals surface area contributed by atoms with Crippen molar-refractivity contribution < 1.29 is 28.6 Å². The second-order valence-corrected chi connectivity index (χ2v) is 8.96. The summed E-state index contributed by atoms with van der Waals surface area (Å²) < 4.78 is 17.2. The number of amides is 1. The molecule has 0 aliphatic carbocycles. The Morgan fingerprint density at radius 2 is 1.76 bits per heavy atom. The van der Waals surface area contributed by atoms with Crippen molar-refractivity contribution in [3.05, 3.63) is 101 Å². The zero-order valence-corrected chi connectivity index (χ0v) is 21.6. The molecule has 0 aliphatic rings. The van der Waals surface area contributed by atoms with E-state index in [1.165, 1.54) is 11.0 Å². The van der Waals surface area contributed by atoms with Crippen LogP contribution in [0.25, 0.3) is 11.5 Å². The average molecular weight is 535 g/mol. The van der Waals surface area contributed by atoms with Gasteiger partial charge in [0.2, 0.25) is 5.89 Å². The van der Waals surface area contributed by atoms with Gasteiger partial charge in [-0.15, -0.1) is 0 Å². The van der Waals surface area contributed by atoms with E-state index in [0.717, 1.165) is 22.6 Å². The molecule has 0 saturated heterocycles. The Morgan fingerprint density at radius 3 is 2.53 bits per heavy atom. The number of aliphatic carboxylic acids is 1. The molecule has 0 saturated carbocycles. The fourth-order valence-corrected chi connectivity index (χ4v) is 3.93. The number of aryl methyl sites for hydroxylation is 1. The van der Waals surface area contributed by atoms with Crippen LogP contribution in [0.4, 0.5) is 4.79 Å². The molecule has 4 rings (SSSR count). The second-order valence-electron chi connectivity index (χ2n) is 8.52. The third kappa shape index (κ3) is 7.60. The highest BCUT2D eigenvalue weighted by atomic mass is 35.5. The summed E-state index contributed by atoms with van der Waals surface area (Å²) in [6.45, 7) is 2.38. The maximum atomic E-state index is 12.8. The van der Waals surface area contributed by atoms with Crippen LogP contribution in [-0.4, -0.2) is 40.2 Å². The third-order valence-corrected chi connectivity index (χ3v) is 5.88. The molecule has 1 amide bonds. The van der Waals surface area contributed by atoms with E-state index in [1.807, 2.05) is 61.5 Å². The SMILES string of the molecule is Cc1oc(-c2ccccc2)nc1CCOc1cccc(CN(CCC(=O)O)C(=O)Oc2cccc(Cl)c2)c1. The number of carbonyl (C=O) groups is 2. The monoisotopic (exact) mass is 534 g/mol. The molecule has 1 aromatic heterocycles. The van der Waals surface area contributed by atoms with Gasteiger partial charge in [-0.1, -0.05) is 48.0 Å². The number of carbonyl (C=O) groups excluding carboxylic acids is 1. The summed E-state index contributed by atoms with van der Waals surface area (Å²) >= 11 is 5.97. The average Bonchev–Trinajstić information content (AvgIpc) is 3.27. The quantitative estimate of drug-likeness (QED) is 0.237. The highest BCUT2D eigenvalue weighted by molar-refractivity contribution is 6.30. The zero-order chi connectivity index (χ0) is 26.9. The van der Waals surface area contributed by atoms with Gasteiger partial charge in [0.05, 0.1) is 18.7 Å². The Kier molecular flexibility index (Phi) is 9.00. The maximum absolute atomic E-state index is 12.8. The highest BCUT2D eigenvalue weighted by Gasteiger charge is 2.18. The predicted octanol–water partition coefficient (Wildman–Crippen LogP) is 6.40. The van der Waals surface area contributed by atoms with E-state index in [1.54, 1.807) is 18.2 Å². The van der Waals surface area contributed by atoms with Gasteiger partial charge in [0, 0.05) is 30.1 Å². The lowest BCUT2D eigenvalue weighted by atomic mass is 10.2. The molecule has 0 atom stereocenters. The molecule has 4 aromatic rings. The van der Waals surface area contributed by atoms with Gasteiger partial charge in [0.1, 0.15) is 17.3 Å². The minimum Gasteiger partial charge on any atom is -0.493 e. The molecule has 0 fully saturated rings. The first kappa shape index (κ1) is 26.8. The first-order valence-electron chi connectivity index (χ1n) is 12.0. The van der Waals surface area contributed by atoms with E-state index in [4.69, 9.17) is 30.6 Å². The summed E-state index contributed by atoms with van der Waals surface area (Å²) in [7, 11) is 0. The topological polar surface area (TPSA) is 102 Å². The third-order valence-electron chi connectivity index (χ3n) is 5.65. The number of aromatic nitrogens is 1. The van der Waals surface area contributed by atoms with Crippen molar-refractivity contribution in [2.24, 2.45) is 0 Å². The fraction of sp³-hybridized carbons (Fsp3) is 0.207. The number of rotatable bonds is 11. The summed E-state index contributed by atoms with van der Waals surface area (Å²) in [6, 6.07) is 23.4. The van der Waals surface area contributed by atoms with Crippen LogP contribution in [-0.2, 0) is 17.8 Å². The number of oxazole rings is 1. The van der Waals surface area contributed by atoms with Crippen LogP contribution in [0.3, 0.4) is 0 Å². The van der Waals surface area contributed by atoms with Gasteiger partial charge >= 0.3 is 12.1 Å². The van der Waals surface area contributed by atoms with Gasteiger partial charge < -0.3 is 23.9 Å². The van der Waals surface area contributed by atoms with Crippen molar-refractivity contribution in [3.8, 4) is 23.0 Å². The van der Waals surface area contributed by atoms with Gasteiger partial charge in [-0.05, 0) is 55.0 Å². The lowest BCUT2D eigenvalue weighted by Gasteiger charge is -2.22. The summed E-state index contributed by atoms with van der Waals surface area (Å²) in [4.78, 5) is 29.9. The van der Waals surface area contributed by atoms with Crippen molar-refractivity contribution in [3.63, 3.8) is 0 Å². The van der Waals surface area contributed by atoms with E-state index >= 15 is 0 Å². The molecule has 0 aliphatic heterocycles. The predicted molar refractivity (Wildman–Crippen MR) is 142 cm³/mol. The number of hydrogen-bond acceptors (Lipinski definition) is 6.